The van der Waals surface area contributed by atoms with E-state index in [0.29, 0.717) is 0 Å². The number of hydrogen-bond acceptors (Lipinski definition) is 2. The topological polar surface area (TPSA) is 24.1 Å². The van der Waals surface area contributed by atoms with Gasteiger partial charge in [-0.3, -0.25) is 0 Å². The molecule has 0 saturated carbocycles. The number of hydrogen-bond donors (Lipinski definition) is 2. The van der Waals surface area contributed by atoms with Gasteiger partial charge in [-0.05, 0) is 7.05 Å². The first-order valence-corrected chi connectivity index (χ1v) is 2.31. The molecule has 1 aliphatic heterocycles. The van der Waals surface area contributed by atoms with Gasteiger partial charge in [-0.25, -0.2) is 0 Å². The molecule has 0 spiro atoms. The van der Waals surface area contributed by atoms with Gasteiger partial charge in [0.1, 0.15) is 0 Å². The molecule has 2 N–H and O–H groups in total. The van der Waals surface area contributed by atoms with Crippen LogP contribution < -0.4 is 10.6 Å². The van der Waals surface area contributed by atoms with Gasteiger partial charge in [0.25, 0.3) is 0 Å². The Hall–Kier alpha value is -0.0800. The minimum Gasteiger partial charge on any atom is -0.315 e. The molecule has 6 heavy (non-hydrogen) atoms. The fraction of sp³-hybridized carbons (Fsp3) is 1.00. The zero-order chi connectivity index (χ0) is 4.41. The predicted octanol–water partition coefficient (Wildman–Crippen LogP) is -0.822. The molecule has 1 saturated heterocycles. The molecule has 1 aliphatic rings. The van der Waals surface area contributed by atoms with Gasteiger partial charge in [-0.1, -0.05) is 0 Å². The highest BCUT2D eigenvalue weighted by Gasteiger charge is 2.11. The smallest absolute Gasteiger partial charge is 0.0314 e. The van der Waals surface area contributed by atoms with Crippen LogP contribution in [0.4, 0.5) is 0 Å². The molecule has 0 atom stereocenters. The molecule has 0 radical (unpaired) electrons. The van der Waals surface area contributed by atoms with Crippen molar-refractivity contribution in [1.29, 1.82) is 0 Å². The summed E-state index contributed by atoms with van der Waals surface area (Å²) in [7, 11) is 1.99. The molecule has 0 aliphatic carbocycles. The van der Waals surface area contributed by atoms with Crippen molar-refractivity contribution in [1.82, 2.24) is 10.6 Å². The molecule has 36 valence electrons. The van der Waals surface area contributed by atoms with E-state index in [4.69, 9.17) is 0 Å². The lowest BCUT2D eigenvalue weighted by Gasteiger charge is -2.25. The van der Waals surface area contributed by atoms with Crippen molar-refractivity contribution in [2.45, 2.75) is 6.04 Å². The molecule has 2 nitrogen and oxygen atoms in total. The largest absolute Gasteiger partial charge is 0.315 e. The van der Waals surface area contributed by atoms with Crippen molar-refractivity contribution in [3.8, 4) is 0 Å². The summed E-state index contributed by atoms with van der Waals surface area (Å²) < 4.78 is 0. The molecule has 0 bridgehead atoms. The Bertz CT molecular complexity index is 38.1. The highest BCUT2D eigenvalue weighted by Crippen LogP contribution is 1.85. The van der Waals surface area contributed by atoms with E-state index in [-0.39, 0.29) is 0 Å². The molecule has 0 aromatic carbocycles. The molecule has 1 rings (SSSR count). The second-order valence-corrected chi connectivity index (χ2v) is 1.64. The van der Waals surface area contributed by atoms with Crippen molar-refractivity contribution in [2.24, 2.45) is 0 Å². The van der Waals surface area contributed by atoms with Gasteiger partial charge in [0.05, 0.1) is 0 Å². The second kappa shape index (κ2) is 1.58. The highest BCUT2D eigenvalue weighted by molar-refractivity contribution is 4.79. The van der Waals surface area contributed by atoms with E-state index >= 15 is 0 Å². The first-order chi connectivity index (χ1) is 2.93. The number of nitrogens with one attached hydrogen (secondary N) is 2. The van der Waals surface area contributed by atoms with E-state index in [9.17, 15) is 0 Å². The molecular weight excluding hydrogens is 76.1 g/mol. The van der Waals surface area contributed by atoms with Crippen LogP contribution in [0.2, 0.25) is 0 Å². The number of likely N-dealkylation sites (N-methyl/N-ethyl adjacent to an activating group) is 1. The molecule has 0 amide bonds. The Morgan fingerprint density at radius 1 is 1.67 bits per heavy atom. The Labute approximate surface area is 37.9 Å². The van der Waals surface area contributed by atoms with Crippen molar-refractivity contribution in [2.75, 3.05) is 20.1 Å². The van der Waals surface area contributed by atoms with Crippen LogP contribution in [0, 0.1) is 0 Å². The molecule has 0 aromatic rings. The molecule has 2 heteroatoms. The van der Waals surface area contributed by atoms with Crippen molar-refractivity contribution in [3.05, 3.63) is 0 Å². The van der Waals surface area contributed by atoms with Crippen LogP contribution in [0.5, 0.6) is 0 Å². The van der Waals surface area contributed by atoms with Crippen LogP contribution in [0.25, 0.3) is 0 Å². The van der Waals surface area contributed by atoms with Crippen molar-refractivity contribution >= 4 is 0 Å². The van der Waals surface area contributed by atoms with Gasteiger partial charge in [0.15, 0.2) is 0 Å². The summed E-state index contributed by atoms with van der Waals surface area (Å²) in [5.41, 5.74) is 0. The van der Waals surface area contributed by atoms with Crippen molar-refractivity contribution < 1.29 is 0 Å². The van der Waals surface area contributed by atoms with Gasteiger partial charge in [-0.2, -0.15) is 0 Å². The minimum atomic E-state index is 0.755. The first-order valence-electron chi connectivity index (χ1n) is 2.31. The molecule has 1 heterocycles. The summed E-state index contributed by atoms with van der Waals surface area (Å²) in [5, 5.41) is 6.29. The first kappa shape index (κ1) is 4.09. The van der Waals surface area contributed by atoms with Crippen molar-refractivity contribution in [3.63, 3.8) is 0 Å². The average Bonchev–Trinajstić information content (AvgIpc) is 1.31. The summed E-state index contributed by atoms with van der Waals surface area (Å²) >= 11 is 0. The van der Waals surface area contributed by atoms with Gasteiger partial charge in [-0.15, -0.1) is 0 Å². The zero-order valence-corrected chi connectivity index (χ0v) is 3.99. The minimum absolute atomic E-state index is 0.755. The molecular formula is C4H10N2. The lowest BCUT2D eigenvalue weighted by atomic mass is 10.2. The third-order valence-corrected chi connectivity index (χ3v) is 1.19. The Morgan fingerprint density at radius 2 is 2.33 bits per heavy atom. The van der Waals surface area contributed by atoms with Gasteiger partial charge in [0.2, 0.25) is 0 Å². The van der Waals surface area contributed by atoms with E-state index in [0.717, 1.165) is 19.1 Å². The SMILES string of the molecule is CNC1CNC1. The maximum Gasteiger partial charge on any atom is 0.0314 e. The molecule has 0 aromatic heterocycles. The molecule has 0 unspecified atom stereocenters. The third-order valence-electron chi connectivity index (χ3n) is 1.19. The predicted molar refractivity (Wildman–Crippen MR) is 25.7 cm³/mol. The van der Waals surface area contributed by atoms with E-state index in [1.807, 2.05) is 7.05 Å². The number of rotatable bonds is 1. The van der Waals surface area contributed by atoms with Crippen LogP contribution in [0.3, 0.4) is 0 Å². The molecule has 1 fully saturated rings. The average molecular weight is 86.1 g/mol. The summed E-state index contributed by atoms with van der Waals surface area (Å²) in [6.07, 6.45) is 0. The van der Waals surface area contributed by atoms with Gasteiger partial charge < -0.3 is 10.6 Å². The zero-order valence-electron chi connectivity index (χ0n) is 3.99. The Kier molecular flexibility index (Phi) is 1.08. The Morgan fingerprint density at radius 3 is 2.33 bits per heavy atom. The van der Waals surface area contributed by atoms with E-state index in [1.165, 1.54) is 0 Å². The fourth-order valence-corrected chi connectivity index (χ4v) is 0.493. The Balaban J connectivity index is 2.01. The maximum absolute atomic E-state index is 3.15. The van der Waals surface area contributed by atoms with Crippen LogP contribution in [0.15, 0.2) is 0 Å². The summed E-state index contributed by atoms with van der Waals surface area (Å²) in [5.74, 6) is 0. The van der Waals surface area contributed by atoms with E-state index < -0.39 is 0 Å². The van der Waals surface area contributed by atoms with Crippen LogP contribution >= 0.6 is 0 Å². The lowest BCUT2D eigenvalue weighted by molar-refractivity contribution is 0.390. The van der Waals surface area contributed by atoms with Crippen LogP contribution in [0.1, 0.15) is 0 Å². The van der Waals surface area contributed by atoms with Crippen LogP contribution in [-0.4, -0.2) is 26.2 Å². The standard InChI is InChI=1S/C4H10N2/c1-5-4-2-6-3-4/h4-6H,2-3H2,1H3. The summed E-state index contributed by atoms with van der Waals surface area (Å²) in [6.45, 7) is 2.30. The van der Waals surface area contributed by atoms with E-state index in [2.05, 4.69) is 10.6 Å². The lowest BCUT2D eigenvalue weighted by Crippen LogP contribution is -2.54. The highest BCUT2D eigenvalue weighted by atomic mass is 15.1. The third kappa shape index (κ3) is 0.533. The monoisotopic (exact) mass is 86.1 g/mol. The fourth-order valence-electron chi connectivity index (χ4n) is 0.493. The normalized spacial score (nSPS) is 23.5. The maximum atomic E-state index is 3.15. The van der Waals surface area contributed by atoms with Crippen LogP contribution in [-0.2, 0) is 0 Å². The van der Waals surface area contributed by atoms with E-state index in [1.54, 1.807) is 0 Å². The second-order valence-electron chi connectivity index (χ2n) is 1.64. The summed E-state index contributed by atoms with van der Waals surface area (Å²) in [4.78, 5) is 0. The van der Waals surface area contributed by atoms with Gasteiger partial charge in [0, 0.05) is 19.1 Å². The quantitative estimate of drug-likeness (QED) is 0.435. The van der Waals surface area contributed by atoms with Gasteiger partial charge >= 0.3 is 0 Å². The summed E-state index contributed by atoms with van der Waals surface area (Å²) in [6, 6.07) is 0.755.